The van der Waals surface area contributed by atoms with E-state index in [1.165, 1.54) is 38.2 Å². The Morgan fingerprint density at radius 1 is 0.383 bits per heavy atom. The summed E-state index contributed by atoms with van der Waals surface area (Å²) in [6.07, 6.45) is 2.27. The Morgan fingerprint density at radius 3 is 1.42 bits per heavy atom. The van der Waals surface area contributed by atoms with Crippen LogP contribution in [-0.2, 0) is 0 Å². The standard InChI is InChI=1S/C55H37N5/c1-2-14-38(15-3-1)55-57-49(37-28-26-36(27-29-37)42-30-31-56-48-21-9-4-16-43(42)48)35-50(58-55)39-32-40(59-51-22-10-5-17-44(51)45-18-6-11-23-52(45)59)34-41(33-39)60-53-24-12-7-19-46(53)47-20-8-13-25-54(47)60/h1-30,32-35,56H,31H2. The van der Waals surface area contributed by atoms with Crippen molar-refractivity contribution in [2.45, 2.75) is 0 Å². The highest BCUT2D eigenvalue weighted by molar-refractivity contribution is 6.10. The molecule has 0 spiro atoms. The Morgan fingerprint density at radius 2 is 0.850 bits per heavy atom. The lowest BCUT2D eigenvalue weighted by atomic mass is 9.93. The minimum absolute atomic E-state index is 0.683. The summed E-state index contributed by atoms with van der Waals surface area (Å²) in [6, 6.07) is 71.5. The van der Waals surface area contributed by atoms with Crippen molar-refractivity contribution < 1.29 is 0 Å². The van der Waals surface area contributed by atoms with Gasteiger partial charge in [-0.25, -0.2) is 9.97 Å². The van der Waals surface area contributed by atoms with E-state index in [0.29, 0.717) is 5.82 Å². The van der Waals surface area contributed by atoms with Gasteiger partial charge in [0.25, 0.3) is 0 Å². The van der Waals surface area contributed by atoms with Gasteiger partial charge < -0.3 is 14.5 Å². The van der Waals surface area contributed by atoms with E-state index in [-0.39, 0.29) is 0 Å². The SMILES string of the molecule is C1=C(c2ccc(-c3cc(-c4cc(-n5c6ccccc6c6ccccc65)cc(-n5c6ccccc6c6ccccc65)c4)nc(-c4ccccc4)n3)cc2)c2ccccc2NC1. The normalized spacial score (nSPS) is 12.5. The summed E-state index contributed by atoms with van der Waals surface area (Å²) < 4.78 is 4.80. The van der Waals surface area contributed by atoms with Gasteiger partial charge in [0.1, 0.15) is 0 Å². The van der Waals surface area contributed by atoms with Crippen LogP contribution in [-0.4, -0.2) is 25.6 Å². The third-order valence-corrected chi connectivity index (χ3v) is 11.9. The summed E-state index contributed by atoms with van der Waals surface area (Å²) in [5, 5.41) is 8.40. The summed E-state index contributed by atoms with van der Waals surface area (Å²) >= 11 is 0. The van der Waals surface area contributed by atoms with Gasteiger partial charge in [-0.1, -0.05) is 152 Å². The predicted molar refractivity (Wildman–Crippen MR) is 249 cm³/mol. The molecule has 0 aliphatic carbocycles. The molecule has 1 aliphatic heterocycles. The molecule has 60 heavy (non-hydrogen) atoms. The van der Waals surface area contributed by atoms with Gasteiger partial charge in [0.2, 0.25) is 0 Å². The topological polar surface area (TPSA) is 47.7 Å². The fraction of sp³-hybridized carbons (Fsp3) is 0.0182. The minimum atomic E-state index is 0.683. The van der Waals surface area contributed by atoms with Gasteiger partial charge in [-0.2, -0.15) is 0 Å². The third kappa shape index (κ3) is 5.55. The molecular formula is C55H37N5. The smallest absolute Gasteiger partial charge is 0.160 e. The fourth-order valence-corrected chi connectivity index (χ4v) is 9.20. The zero-order chi connectivity index (χ0) is 39.6. The van der Waals surface area contributed by atoms with Gasteiger partial charge in [-0.15, -0.1) is 0 Å². The summed E-state index contributed by atoms with van der Waals surface area (Å²) in [6.45, 7) is 0.800. The molecule has 0 bridgehead atoms. The van der Waals surface area contributed by atoms with E-state index in [4.69, 9.17) is 9.97 Å². The van der Waals surface area contributed by atoms with Crippen LogP contribution < -0.4 is 5.32 Å². The van der Waals surface area contributed by atoms with Crippen molar-refractivity contribution in [3.63, 3.8) is 0 Å². The molecule has 12 rings (SSSR count). The molecule has 282 valence electrons. The molecule has 0 saturated carbocycles. The first kappa shape index (κ1) is 34.1. The van der Waals surface area contributed by atoms with E-state index >= 15 is 0 Å². The van der Waals surface area contributed by atoms with Crippen LogP contribution >= 0.6 is 0 Å². The first-order chi connectivity index (χ1) is 29.7. The Hall–Kier alpha value is -8.02. The number of nitrogens with one attached hydrogen (secondary N) is 1. The van der Waals surface area contributed by atoms with E-state index < -0.39 is 0 Å². The van der Waals surface area contributed by atoms with E-state index in [9.17, 15) is 0 Å². The predicted octanol–water partition coefficient (Wildman–Crippen LogP) is 13.5. The molecule has 0 unspecified atom stereocenters. The minimum Gasteiger partial charge on any atom is -0.381 e. The van der Waals surface area contributed by atoms with Gasteiger partial charge in [0, 0.05) is 67.4 Å². The molecule has 8 aromatic carbocycles. The van der Waals surface area contributed by atoms with Crippen LogP contribution in [0.3, 0.4) is 0 Å². The number of aromatic nitrogens is 4. The molecule has 0 fully saturated rings. The van der Waals surface area contributed by atoms with E-state index in [0.717, 1.165) is 73.8 Å². The van der Waals surface area contributed by atoms with Crippen LogP contribution in [0.2, 0.25) is 0 Å². The number of fused-ring (bicyclic) bond motifs is 7. The van der Waals surface area contributed by atoms with Crippen LogP contribution in [0.15, 0.2) is 206 Å². The highest BCUT2D eigenvalue weighted by atomic mass is 15.0. The number of hydrogen-bond donors (Lipinski definition) is 1. The second-order valence-corrected chi connectivity index (χ2v) is 15.4. The van der Waals surface area contributed by atoms with Crippen molar-refractivity contribution >= 4 is 54.9 Å². The largest absolute Gasteiger partial charge is 0.381 e. The van der Waals surface area contributed by atoms with E-state index in [1.807, 2.05) is 18.2 Å². The summed E-state index contributed by atoms with van der Waals surface area (Å²) in [7, 11) is 0. The molecule has 0 atom stereocenters. The molecule has 1 aliphatic rings. The zero-order valence-electron chi connectivity index (χ0n) is 32.6. The van der Waals surface area contributed by atoms with Gasteiger partial charge in [-0.3, -0.25) is 0 Å². The van der Waals surface area contributed by atoms with Gasteiger partial charge in [0.05, 0.1) is 33.5 Å². The summed E-state index contributed by atoms with van der Waals surface area (Å²) in [4.78, 5) is 10.6. The number of nitrogens with zero attached hydrogens (tertiary/aromatic N) is 4. The molecule has 11 aromatic rings. The number of rotatable bonds is 6. The molecule has 0 saturated heterocycles. The number of hydrogen-bond acceptors (Lipinski definition) is 3. The van der Waals surface area contributed by atoms with E-state index in [1.54, 1.807) is 0 Å². The monoisotopic (exact) mass is 767 g/mol. The van der Waals surface area contributed by atoms with Crippen LogP contribution in [0.1, 0.15) is 11.1 Å². The highest BCUT2D eigenvalue weighted by Gasteiger charge is 2.20. The second-order valence-electron chi connectivity index (χ2n) is 15.4. The quantitative estimate of drug-likeness (QED) is 0.183. The average molecular weight is 768 g/mol. The molecular weight excluding hydrogens is 731 g/mol. The summed E-state index contributed by atoms with van der Waals surface area (Å²) in [5.74, 6) is 0.683. The first-order valence-corrected chi connectivity index (χ1v) is 20.5. The van der Waals surface area contributed by atoms with Crippen LogP contribution in [0.4, 0.5) is 5.69 Å². The van der Waals surface area contributed by atoms with Gasteiger partial charge in [0.15, 0.2) is 5.82 Å². The van der Waals surface area contributed by atoms with Gasteiger partial charge in [-0.05, 0) is 65.7 Å². The maximum absolute atomic E-state index is 5.36. The number of anilines is 1. The Bertz CT molecular complexity index is 3240. The average Bonchev–Trinajstić information content (AvgIpc) is 3.85. The van der Waals surface area contributed by atoms with Crippen molar-refractivity contribution in [3.8, 4) is 45.3 Å². The van der Waals surface area contributed by atoms with Crippen molar-refractivity contribution in [3.05, 3.63) is 217 Å². The number of para-hydroxylation sites is 5. The molecule has 5 nitrogen and oxygen atoms in total. The van der Waals surface area contributed by atoms with Crippen molar-refractivity contribution in [1.82, 2.24) is 19.1 Å². The fourth-order valence-electron chi connectivity index (χ4n) is 9.20. The lowest BCUT2D eigenvalue weighted by Crippen LogP contribution is -2.08. The molecule has 3 aromatic heterocycles. The Kier molecular flexibility index (Phi) is 7.85. The highest BCUT2D eigenvalue weighted by Crippen LogP contribution is 2.39. The van der Waals surface area contributed by atoms with Crippen LogP contribution in [0, 0.1) is 0 Å². The van der Waals surface area contributed by atoms with Crippen LogP contribution in [0.25, 0.3) is 94.5 Å². The maximum atomic E-state index is 5.36. The summed E-state index contributed by atoms with van der Waals surface area (Å²) in [5.41, 5.74) is 16.3. The zero-order valence-corrected chi connectivity index (χ0v) is 32.6. The molecule has 0 radical (unpaired) electrons. The molecule has 5 heteroatoms. The molecule has 4 heterocycles. The lowest BCUT2D eigenvalue weighted by Gasteiger charge is -2.19. The van der Waals surface area contributed by atoms with Crippen molar-refractivity contribution in [2.75, 3.05) is 11.9 Å². The molecule has 1 N–H and O–H groups in total. The van der Waals surface area contributed by atoms with Crippen LogP contribution in [0.5, 0.6) is 0 Å². The Labute approximate surface area is 347 Å². The third-order valence-electron chi connectivity index (χ3n) is 11.9. The van der Waals surface area contributed by atoms with E-state index in [2.05, 4.69) is 203 Å². The van der Waals surface area contributed by atoms with Crippen molar-refractivity contribution in [1.29, 1.82) is 0 Å². The maximum Gasteiger partial charge on any atom is 0.160 e. The first-order valence-electron chi connectivity index (χ1n) is 20.5. The lowest BCUT2D eigenvalue weighted by molar-refractivity contribution is 1.13. The number of benzene rings is 8. The second kappa shape index (κ2) is 13.8. The Balaban J connectivity index is 1.09. The van der Waals surface area contributed by atoms with Crippen molar-refractivity contribution in [2.24, 2.45) is 0 Å². The van der Waals surface area contributed by atoms with Gasteiger partial charge >= 0.3 is 0 Å². The molecule has 0 amide bonds.